The van der Waals surface area contributed by atoms with Crippen LogP contribution in [0.25, 0.3) is 0 Å². The first-order chi connectivity index (χ1) is 15.9. The van der Waals surface area contributed by atoms with Crippen LogP contribution in [0.15, 0.2) is 36.5 Å². The predicted molar refractivity (Wildman–Crippen MR) is 121 cm³/mol. The Morgan fingerprint density at radius 2 is 1.91 bits per heavy atom. The van der Waals surface area contributed by atoms with E-state index < -0.39 is 29.6 Å². The molecule has 1 saturated heterocycles. The molecule has 34 heavy (non-hydrogen) atoms. The minimum Gasteiger partial charge on any atom is -0.432 e. The maximum atomic E-state index is 12.5. The van der Waals surface area contributed by atoms with E-state index in [1.54, 1.807) is 26.1 Å². The second kappa shape index (κ2) is 13.9. The summed E-state index contributed by atoms with van der Waals surface area (Å²) in [4.78, 5) is 16.2. The molecule has 1 aliphatic rings. The van der Waals surface area contributed by atoms with Crippen molar-refractivity contribution in [3.63, 3.8) is 0 Å². The molecule has 0 bridgehead atoms. The van der Waals surface area contributed by atoms with E-state index in [1.807, 2.05) is 26.8 Å². The lowest BCUT2D eigenvalue weighted by atomic mass is 10.0. The van der Waals surface area contributed by atoms with Crippen molar-refractivity contribution >= 4 is 11.6 Å². The summed E-state index contributed by atoms with van der Waals surface area (Å²) in [5.74, 6) is -3.53. The number of halogens is 4. The lowest BCUT2D eigenvalue weighted by Gasteiger charge is -2.16. The fourth-order valence-electron chi connectivity index (χ4n) is 2.94. The number of aromatic nitrogens is 1. The number of benzene rings is 1. The van der Waals surface area contributed by atoms with E-state index >= 15 is 0 Å². The van der Waals surface area contributed by atoms with Gasteiger partial charge in [0.1, 0.15) is 6.10 Å². The van der Waals surface area contributed by atoms with Crippen molar-refractivity contribution in [3.8, 4) is 5.75 Å². The molecular formula is C24H32F4N2O4. The van der Waals surface area contributed by atoms with Gasteiger partial charge < -0.3 is 19.9 Å². The van der Waals surface area contributed by atoms with Crippen LogP contribution in [-0.4, -0.2) is 40.4 Å². The van der Waals surface area contributed by atoms with Crippen LogP contribution >= 0.6 is 0 Å². The topological polar surface area (TPSA) is 80.7 Å². The van der Waals surface area contributed by atoms with Crippen molar-refractivity contribution in [1.29, 1.82) is 0 Å². The molecule has 0 spiro atoms. The number of amides is 1. The molecule has 1 aromatic carbocycles. The molecule has 3 rings (SSSR count). The lowest BCUT2D eigenvalue weighted by Crippen LogP contribution is -2.27. The smallest absolute Gasteiger partial charge is 0.387 e. The number of carbonyl (C=O) groups is 1. The van der Waals surface area contributed by atoms with E-state index in [0.717, 1.165) is 36.7 Å². The highest BCUT2D eigenvalue weighted by Gasteiger charge is 2.28. The van der Waals surface area contributed by atoms with E-state index in [0.29, 0.717) is 12.1 Å². The van der Waals surface area contributed by atoms with Gasteiger partial charge in [-0.1, -0.05) is 19.9 Å². The number of hydrogen-bond donors (Lipinski definition) is 2. The molecule has 0 radical (unpaired) electrons. The van der Waals surface area contributed by atoms with E-state index in [-0.39, 0.29) is 18.1 Å². The third kappa shape index (κ3) is 10.5. The number of alkyl halides is 2. The Bertz CT molecular complexity index is 890. The Balaban J connectivity index is 0.000000353. The van der Waals surface area contributed by atoms with Gasteiger partial charge in [-0.15, -0.1) is 0 Å². The Kier molecular flexibility index (Phi) is 11.9. The average molecular weight is 489 g/mol. The highest BCUT2D eigenvalue weighted by molar-refractivity contribution is 5.94. The number of ether oxygens (including phenoxy) is 2. The highest BCUT2D eigenvalue weighted by Crippen LogP contribution is 2.21. The van der Waals surface area contributed by atoms with Gasteiger partial charge in [0.05, 0.1) is 23.6 Å². The van der Waals surface area contributed by atoms with Crippen LogP contribution in [0.5, 0.6) is 5.75 Å². The largest absolute Gasteiger partial charge is 0.432 e. The van der Waals surface area contributed by atoms with Gasteiger partial charge in [-0.2, -0.15) is 13.2 Å². The zero-order valence-corrected chi connectivity index (χ0v) is 19.9. The van der Waals surface area contributed by atoms with Crippen LogP contribution < -0.4 is 10.1 Å². The second-order valence-corrected chi connectivity index (χ2v) is 7.96. The van der Waals surface area contributed by atoms with Crippen molar-refractivity contribution in [2.45, 2.75) is 78.3 Å². The normalized spacial score (nSPS) is 17.3. The van der Waals surface area contributed by atoms with Gasteiger partial charge in [-0.3, -0.25) is 9.78 Å². The molecule has 1 amide bonds. The highest BCUT2D eigenvalue weighted by atomic mass is 19.3. The summed E-state index contributed by atoms with van der Waals surface area (Å²) in [7, 11) is 0. The van der Waals surface area contributed by atoms with E-state index in [4.69, 9.17) is 4.74 Å². The van der Waals surface area contributed by atoms with E-state index in [2.05, 4.69) is 15.0 Å². The van der Waals surface area contributed by atoms with Gasteiger partial charge >= 0.3 is 6.61 Å². The Hall–Kier alpha value is -2.72. The first kappa shape index (κ1) is 29.3. The molecule has 6 nitrogen and oxygen atoms in total. The zero-order chi connectivity index (χ0) is 25.9. The number of carbonyl (C=O) groups excluding carboxylic acids is 1. The minimum atomic E-state index is -3.15. The summed E-state index contributed by atoms with van der Waals surface area (Å²) < 4.78 is 57.1. The van der Waals surface area contributed by atoms with Crippen LogP contribution in [0.3, 0.4) is 0 Å². The average Bonchev–Trinajstić information content (AvgIpc) is 3.20. The summed E-state index contributed by atoms with van der Waals surface area (Å²) in [6, 6.07) is 6.42. The molecule has 2 unspecified atom stereocenters. The number of hydrogen-bond acceptors (Lipinski definition) is 5. The lowest BCUT2D eigenvalue weighted by molar-refractivity contribution is -0.126. The number of aliphatic hydroxyl groups is 1. The number of nitrogens with one attached hydrogen (secondary N) is 1. The number of anilines is 1. The molecule has 1 fully saturated rings. The van der Waals surface area contributed by atoms with Crippen molar-refractivity contribution in [2.24, 2.45) is 0 Å². The van der Waals surface area contributed by atoms with E-state index in [1.165, 1.54) is 0 Å². The van der Waals surface area contributed by atoms with Crippen LogP contribution in [0, 0.1) is 11.6 Å². The monoisotopic (exact) mass is 488 g/mol. The molecule has 1 aliphatic heterocycles. The first-order valence-electron chi connectivity index (χ1n) is 11.0. The van der Waals surface area contributed by atoms with Gasteiger partial charge in [0.15, 0.2) is 11.6 Å². The summed E-state index contributed by atoms with van der Waals surface area (Å²) in [5, 5.41) is 12.5. The third-order valence-corrected chi connectivity index (χ3v) is 4.36. The number of rotatable bonds is 6. The van der Waals surface area contributed by atoms with E-state index in [9.17, 15) is 27.5 Å². The summed E-state index contributed by atoms with van der Waals surface area (Å²) in [5.41, 5.74) is 0.657. The second-order valence-electron chi connectivity index (χ2n) is 7.96. The van der Waals surface area contributed by atoms with Gasteiger partial charge in [0, 0.05) is 12.1 Å². The van der Waals surface area contributed by atoms with Crippen molar-refractivity contribution in [1.82, 2.24) is 4.98 Å². The van der Waals surface area contributed by atoms with Crippen LogP contribution in [0.4, 0.5) is 23.2 Å². The van der Waals surface area contributed by atoms with Crippen LogP contribution in [-0.2, 0) is 16.0 Å². The quantitative estimate of drug-likeness (QED) is 0.526. The number of pyridine rings is 1. The van der Waals surface area contributed by atoms with Crippen molar-refractivity contribution in [2.75, 3.05) is 5.32 Å². The fraction of sp³-hybridized carbons (Fsp3) is 0.500. The molecule has 1 aromatic heterocycles. The Morgan fingerprint density at radius 3 is 2.41 bits per heavy atom. The molecule has 2 heterocycles. The van der Waals surface area contributed by atoms with Crippen LogP contribution in [0.2, 0.25) is 0 Å². The van der Waals surface area contributed by atoms with Crippen molar-refractivity contribution < 1.29 is 36.9 Å². The molecule has 2 atom stereocenters. The maximum Gasteiger partial charge on any atom is 0.387 e. The molecule has 2 aromatic rings. The van der Waals surface area contributed by atoms with Gasteiger partial charge in [-0.05, 0) is 57.9 Å². The molecular weight excluding hydrogens is 456 g/mol. The van der Waals surface area contributed by atoms with Gasteiger partial charge in [0.2, 0.25) is 5.82 Å². The van der Waals surface area contributed by atoms with Crippen molar-refractivity contribution in [3.05, 3.63) is 53.9 Å². The fourth-order valence-corrected chi connectivity index (χ4v) is 2.94. The SMILES string of the molecule is CC.CC1CCC(C(=O)Nc2ccc(CC(C)(C)O)nc2)O1.Fc1cccc(OC(F)F)c1F. The third-order valence-electron chi connectivity index (χ3n) is 4.36. The first-order valence-corrected chi connectivity index (χ1v) is 11.0. The maximum absolute atomic E-state index is 12.5. The summed E-state index contributed by atoms with van der Waals surface area (Å²) >= 11 is 0. The predicted octanol–water partition coefficient (Wildman–Crippen LogP) is 5.49. The number of nitrogens with zero attached hydrogens (tertiary/aromatic N) is 1. The Morgan fingerprint density at radius 1 is 1.24 bits per heavy atom. The summed E-state index contributed by atoms with van der Waals surface area (Å²) in [6.07, 6.45) is 3.55. The molecule has 10 heteroatoms. The summed E-state index contributed by atoms with van der Waals surface area (Å²) in [6.45, 7) is 6.30. The molecule has 190 valence electrons. The van der Waals surface area contributed by atoms with Gasteiger partial charge in [0.25, 0.3) is 5.91 Å². The molecule has 2 N–H and O–H groups in total. The van der Waals surface area contributed by atoms with Crippen LogP contribution in [0.1, 0.15) is 53.2 Å². The minimum absolute atomic E-state index is 0.119. The molecule has 0 saturated carbocycles. The zero-order valence-electron chi connectivity index (χ0n) is 19.9. The molecule has 0 aliphatic carbocycles. The van der Waals surface area contributed by atoms with Gasteiger partial charge in [-0.25, -0.2) is 4.39 Å². The standard InChI is InChI=1S/C15H22N2O3.C7H4F4O.C2H6/c1-10-4-7-13(20-10)14(18)17-12-6-5-11(16-9-12)8-15(2,3)19;8-4-2-1-3-5(6(4)9)12-7(10)11;1-2/h5-6,9-10,13,19H,4,7-8H2,1-3H3,(H,17,18);1-3,7H;1-2H3. The Labute approximate surface area is 197 Å².